The number of nitrogens with one attached hydrogen (secondary N) is 1. The fraction of sp³-hybridized carbons (Fsp3) is 0.0968. The number of nitrogens with two attached hydrogens (primary N) is 2. The third-order valence-electron chi connectivity index (χ3n) is 6.22. The third kappa shape index (κ3) is 5.19. The molecule has 5 aromatic rings. The molecular formula is C31H26N6O3. The van der Waals surface area contributed by atoms with Crippen molar-refractivity contribution >= 4 is 34.7 Å². The standard InChI is InChI=1S/C24H17NO2.C7H9N5O/c1-2-20-22(18-7-4-3-5-8-18)24(26)23-19(9-6-10-21(23)27-20)12-11-17-13-15-25-16-14-17;8-5-4(6(9)13)7-10-2-1-3-12(7)11-5/h3-10,13-16H,2H2,1H3;1,3,10H,2H2,(H2,8,11)(H2,9,13). The van der Waals surface area contributed by atoms with Crippen molar-refractivity contribution in [1.29, 1.82) is 0 Å². The van der Waals surface area contributed by atoms with Crippen LogP contribution in [-0.2, 0) is 6.42 Å². The number of hydrogen-bond donors (Lipinski definition) is 3. The number of fused-ring (bicyclic) bond motifs is 2. The molecule has 6 rings (SSSR count). The van der Waals surface area contributed by atoms with E-state index in [1.807, 2.05) is 73.7 Å². The summed E-state index contributed by atoms with van der Waals surface area (Å²) in [7, 11) is 0. The number of nitrogen functional groups attached to an aromatic ring is 1. The van der Waals surface area contributed by atoms with Gasteiger partial charge in [-0.25, -0.2) is 4.68 Å². The van der Waals surface area contributed by atoms with E-state index in [4.69, 9.17) is 15.9 Å². The van der Waals surface area contributed by atoms with Crippen LogP contribution in [0.3, 0.4) is 0 Å². The van der Waals surface area contributed by atoms with Crippen molar-refractivity contribution in [3.8, 4) is 23.0 Å². The molecule has 0 saturated heterocycles. The maximum absolute atomic E-state index is 13.4. The smallest absolute Gasteiger partial charge is 0.256 e. The molecule has 0 radical (unpaired) electrons. The Hall–Kier alpha value is -5.62. The van der Waals surface area contributed by atoms with Gasteiger partial charge in [-0.2, -0.15) is 0 Å². The number of nitrogens with zero attached hydrogens (tertiary/aromatic N) is 3. The summed E-state index contributed by atoms with van der Waals surface area (Å²) < 4.78 is 7.59. The Kier molecular flexibility index (Phi) is 7.42. The first-order valence-electron chi connectivity index (χ1n) is 12.6. The Labute approximate surface area is 230 Å². The monoisotopic (exact) mass is 530 g/mol. The van der Waals surface area contributed by atoms with Crippen LogP contribution in [0.25, 0.3) is 28.3 Å². The van der Waals surface area contributed by atoms with E-state index in [2.05, 4.69) is 27.2 Å². The highest BCUT2D eigenvalue weighted by molar-refractivity contribution is 6.02. The van der Waals surface area contributed by atoms with Crippen LogP contribution in [0.5, 0.6) is 0 Å². The second-order valence-corrected chi connectivity index (χ2v) is 8.80. The van der Waals surface area contributed by atoms with Crippen molar-refractivity contribution in [2.24, 2.45) is 5.73 Å². The van der Waals surface area contributed by atoms with Crippen molar-refractivity contribution in [2.75, 3.05) is 17.6 Å². The molecule has 0 aliphatic carbocycles. The molecule has 1 aliphatic rings. The predicted octanol–water partition coefficient (Wildman–Crippen LogP) is 4.28. The molecule has 198 valence electrons. The molecular weight excluding hydrogens is 504 g/mol. The summed E-state index contributed by atoms with van der Waals surface area (Å²) in [6.07, 6.45) is 7.63. The number of carbonyl (C=O) groups is 1. The van der Waals surface area contributed by atoms with Gasteiger partial charge in [0.05, 0.1) is 10.9 Å². The Morgan fingerprint density at radius 1 is 1.07 bits per heavy atom. The van der Waals surface area contributed by atoms with E-state index in [1.54, 1.807) is 18.6 Å². The van der Waals surface area contributed by atoms with Crippen molar-refractivity contribution in [1.82, 2.24) is 14.8 Å². The zero-order valence-corrected chi connectivity index (χ0v) is 21.7. The number of benzene rings is 2. The Morgan fingerprint density at radius 2 is 1.85 bits per heavy atom. The second kappa shape index (κ2) is 11.4. The Morgan fingerprint density at radius 3 is 2.58 bits per heavy atom. The van der Waals surface area contributed by atoms with Gasteiger partial charge >= 0.3 is 0 Å². The lowest BCUT2D eigenvalue weighted by atomic mass is 9.99. The molecule has 0 saturated carbocycles. The summed E-state index contributed by atoms with van der Waals surface area (Å²) in [6, 6.07) is 18.9. The van der Waals surface area contributed by atoms with E-state index in [0.29, 0.717) is 46.6 Å². The van der Waals surface area contributed by atoms with Gasteiger partial charge in [-0.05, 0) is 35.9 Å². The molecule has 0 spiro atoms. The van der Waals surface area contributed by atoms with Gasteiger partial charge < -0.3 is 21.2 Å². The molecule has 4 heterocycles. The van der Waals surface area contributed by atoms with E-state index in [-0.39, 0.29) is 16.8 Å². The minimum atomic E-state index is -0.568. The summed E-state index contributed by atoms with van der Waals surface area (Å²) in [5.74, 6) is 7.06. The molecule has 0 unspecified atom stereocenters. The Balaban J connectivity index is 0.000000207. The number of primary amides is 1. The van der Waals surface area contributed by atoms with Gasteiger partial charge in [-0.1, -0.05) is 55.2 Å². The average molecular weight is 531 g/mol. The predicted molar refractivity (Wildman–Crippen MR) is 156 cm³/mol. The summed E-state index contributed by atoms with van der Waals surface area (Å²) in [5, 5.41) is 7.41. The van der Waals surface area contributed by atoms with Crippen molar-refractivity contribution in [3.05, 3.63) is 112 Å². The first-order chi connectivity index (χ1) is 19.5. The minimum Gasteiger partial charge on any atom is -0.460 e. The molecule has 1 aliphatic heterocycles. The molecule has 0 atom stereocenters. The number of aryl methyl sites for hydroxylation is 1. The van der Waals surface area contributed by atoms with Gasteiger partial charge in [-0.3, -0.25) is 14.6 Å². The number of aromatic nitrogens is 3. The summed E-state index contributed by atoms with van der Waals surface area (Å²) in [6.45, 7) is 2.63. The zero-order chi connectivity index (χ0) is 28.1. The molecule has 5 N–H and O–H groups in total. The molecule has 0 bridgehead atoms. The molecule has 0 fully saturated rings. The maximum atomic E-state index is 13.4. The quantitative estimate of drug-likeness (QED) is 0.296. The summed E-state index contributed by atoms with van der Waals surface area (Å²) in [5.41, 5.74) is 14.4. The normalized spacial score (nSPS) is 11.4. The molecule has 3 aromatic heterocycles. The lowest BCUT2D eigenvalue weighted by Gasteiger charge is -2.09. The summed E-state index contributed by atoms with van der Waals surface area (Å²) in [4.78, 5) is 28.4. The van der Waals surface area contributed by atoms with Gasteiger partial charge in [-0.15, -0.1) is 5.10 Å². The van der Waals surface area contributed by atoms with Gasteiger partial charge in [0.2, 0.25) is 5.43 Å². The SMILES string of the molecule is CCc1oc2cccc(C#Cc3ccncc3)c2c(=O)c1-c1ccccc1.NC(=O)c1c(N)nn2c1NCC=C2. The first-order valence-corrected chi connectivity index (χ1v) is 12.6. The van der Waals surface area contributed by atoms with Gasteiger partial charge in [0, 0.05) is 42.7 Å². The number of rotatable bonds is 3. The van der Waals surface area contributed by atoms with Gasteiger partial charge in [0.15, 0.2) is 5.82 Å². The van der Waals surface area contributed by atoms with E-state index in [9.17, 15) is 9.59 Å². The fourth-order valence-electron chi connectivity index (χ4n) is 4.39. The molecule has 9 nitrogen and oxygen atoms in total. The molecule has 1 amide bonds. The molecule has 40 heavy (non-hydrogen) atoms. The van der Waals surface area contributed by atoms with Crippen LogP contribution in [0.1, 0.15) is 34.2 Å². The molecule has 9 heteroatoms. The molecule has 2 aromatic carbocycles. The summed E-state index contributed by atoms with van der Waals surface area (Å²) >= 11 is 0. The van der Waals surface area contributed by atoms with Crippen LogP contribution >= 0.6 is 0 Å². The fourth-order valence-corrected chi connectivity index (χ4v) is 4.39. The van der Waals surface area contributed by atoms with Crippen LogP contribution in [0, 0.1) is 11.8 Å². The van der Waals surface area contributed by atoms with Gasteiger partial charge in [0.1, 0.15) is 22.7 Å². The van der Waals surface area contributed by atoms with Crippen molar-refractivity contribution in [2.45, 2.75) is 13.3 Å². The number of amides is 1. The van der Waals surface area contributed by atoms with E-state index >= 15 is 0 Å². The van der Waals surface area contributed by atoms with Crippen molar-refractivity contribution in [3.63, 3.8) is 0 Å². The van der Waals surface area contributed by atoms with Crippen molar-refractivity contribution < 1.29 is 9.21 Å². The minimum absolute atomic E-state index is 0.0427. The van der Waals surface area contributed by atoms with E-state index < -0.39 is 5.91 Å². The largest absolute Gasteiger partial charge is 0.460 e. The maximum Gasteiger partial charge on any atom is 0.256 e. The van der Waals surface area contributed by atoms with E-state index in [1.165, 1.54) is 4.68 Å². The van der Waals surface area contributed by atoms with Crippen LogP contribution in [0.2, 0.25) is 0 Å². The second-order valence-electron chi connectivity index (χ2n) is 8.80. The highest BCUT2D eigenvalue weighted by Gasteiger charge is 2.20. The van der Waals surface area contributed by atoms with E-state index in [0.717, 1.165) is 11.1 Å². The highest BCUT2D eigenvalue weighted by Crippen LogP contribution is 2.26. The average Bonchev–Trinajstić information content (AvgIpc) is 3.33. The number of carbonyl (C=O) groups excluding carboxylic acids is 1. The number of anilines is 2. The highest BCUT2D eigenvalue weighted by atomic mass is 16.3. The lowest BCUT2D eigenvalue weighted by molar-refractivity contribution is 0.100. The van der Waals surface area contributed by atoms with Crippen LogP contribution < -0.4 is 22.2 Å². The van der Waals surface area contributed by atoms with Crippen LogP contribution in [0.15, 0.2) is 88.3 Å². The van der Waals surface area contributed by atoms with Gasteiger partial charge in [0.25, 0.3) is 5.91 Å². The topological polar surface area (TPSA) is 142 Å². The zero-order valence-electron chi connectivity index (χ0n) is 21.7. The number of pyridine rings is 1. The first kappa shape index (κ1) is 26.0. The van der Waals surface area contributed by atoms with Crippen LogP contribution in [-0.4, -0.2) is 27.2 Å². The number of hydrogen-bond acceptors (Lipinski definition) is 7. The third-order valence-corrected chi connectivity index (χ3v) is 6.22. The van der Waals surface area contributed by atoms with Crippen LogP contribution in [0.4, 0.5) is 11.6 Å². The lowest BCUT2D eigenvalue weighted by Crippen LogP contribution is -2.17. The Bertz CT molecular complexity index is 1850.